The molecule has 1 aromatic heterocycles. The number of unbranched alkanes of at least 4 members (excludes halogenated alkanes) is 1. The number of H-pyrrole nitrogens is 1. The molecule has 1 heterocycles. The molecule has 0 bridgehead atoms. The van der Waals surface area contributed by atoms with Gasteiger partial charge >= 0.3 is 0 Å². The molecule has 24 heavy (non-hydrogen) atoms. The Kier molecular flexibility index (Phi) is 5.48. The smallest absolute Gasteiger partial charge is 0.279 e. The fourth-order valence-corrected chi connectivity index (χ4v) is 3.25. The van der Waals surface area contributed by atoms with Crippen LogP contribution in [0.4, 0.5) is 0 Å². The minimum absolute atomic E-state index is 0.0354. The van der Waals surface area contributed by atoms with Crippen molar-refractivity contribution in [3.05, 3.63) is 27.4 Å². The van der Waals surface area contributed by atoms with Crippen LogP contribution in [0.3, 0.4) is 0 Å². The van der Waals surface area contributed by atoms with Gasteiger partial charge in [-0.05, 0) is 26.7 Å². The largest absolute Gasteiger partial charge is 0.378 e. The zero-order valence-electron chi connectivity index (χ0n) is 15.6. The topological polar surface area (TPSA) is 75.3 Å². The summed E-state index contributed by atoms with van der Waals surface area (Å²) in [6.07, 6.45) is 3.10. The lowest BCUT2D eigenvalue weighted by molar-refractivity contribution is -0.140. The van der Waals surface area contributed by atoms with Crippen molar-refractivity contribution in [1.29, 1.82) is 0 Å². The molecule has 2 atom stereocenters. The molecule has 0 radical (unpaired) electrons. The lowest BCUT2D eigenvalue weighted by Crippen LogP contribution is -2.62. The predicted molar refractivity (Wildman–Crippen MR) is 93.3 cm³/mol. The van der Waals surface area contributed by atoms with E-state index in [0.717, 1.165) is 25.9 Å². The lowest BCUT2D eigenvalue weighted by Gasteiger charge is -2.54. The average molecular weight is 335 g/mol. The molecule has 134 valence electrons. The molecule has 2 rings (SSSR count). The first-order chi connectivity index (χ1) is 11.2. The zero-order valence-corrected chi connectivity index (χ0v) is 15.6. The van der Waals surface area contributed by atoms with Crippen LogP contribution in [0.25, 0.3) is 0 Å². The molecule has 1 aromatic rings. The summed E-state index contributed by atoms with van der Waals surface area (Å²) in [5, 5.41) is 0. The van der Waals surface area contributed by atoms with Crippen LogP contribution in [0.15, 0.2) is 4.79 Å². The number of nitrogens with one attached hydrogen (secondary N) is 1. The van der Waals surface area contributed by atoms with E-state index >= 15 is 0 Å². The van der Waals surface area contributed by atoms with E-state index in [1.807, 2.05) is 0 Å². The number of aryl methyl sites for hydroxylation is 2. The van der Waals surface area contributed by atoms with Crippen molar-refractivity contribution in [2.24, 2.45) is 5.41 Å². The molecule has 0 aliphatic heterocycles. The van der Waals surface area contributed by atoms with E-state index in [9.17, 15) is 9.59 Å². The monoisotopic (exact) mass is 335 g/mol. The quantitative estimate of drug-likeness (QED) is 0.810. The molecule has 1 fully saturated rings. The summed E-state index contributed by atoms with van der Waals surface area (Å²) in [6.45, 7) is 10.7. The van der Waals surface area contributed by atoms with Crippen molar-refractivity contribution in [2.75, 3.05) is 13.7 Å². The first kappa shape index (κ1) is 18.6. The molecule has 1 N–H and O–H groups in total. The van der Waals surface area contributed by atoms with Crippen LogP contribution in [0.1, 0.15) is 61.9 Å². The Morgan fingerprint density at radius 1 is 1.42 bits per heavy atom. The van der Waals surface area contributed by atoms with Gasteiger partial charge in [-0.3, -0.25) is 9.59 Å². The van der Waals surface area contributed by atoms with E-state index in [2.05, 4.69) is 30.7 Å². The summed E-state index contributed by atoms with van der Waals surface area (Å²) in [5.74, 6) is -0.329. The van der Waals surface area contributed by atoms with Gasteiger partial charge in [0, 0.05) is 30.8 Å². The first-order valence-corrected chi connectivity index (χ1v) is 8.66. The number of carbonyl (C=O) groups excluding carboxylic acids is 1. The number of aromatic nitrogens is 2. The predicted octanol–water partition coefficient (Wildman–Crippen LogP) is 2.44. The minimum atomic E-state index is -0.428. The van der Waals surface area contributed by atoms with Crippen LogP contribution < -0.4 is 5.56 Å². The Balaban J connectivity index is 2.10. The minimum Gasteiger partial charge on any atom is -0.378 e. The van der Waals surface area contributed by atoms with Gasteiger partial charge in [0.2, 0.25) is 0 Å². The van der Waals surface area contributed by atoms with Crippen LogP contribution >= 0.6 is 0 Å². The molecule has 0 unspecified atom stereocenters. The Morgan fingerprint density at radius 2 is 2.08 bits per heavy atom. The molecule has 1 aliphatic rings. The highest BCUT2D eigenvalue weighted by molar-refractivity contribution is 5.92. The molecule has 1 aliphatic carbocycles. The van der Waals surface area contributed by atoms with E-state index < -0.39 is 5.56 Å². The molecule has 1 amide bonds. The number of aromatic amines is 1. The maximum absolute atomic E-state index is 12.7. The molecule has 6 heteroatoms. The first-order valence-electron chi connectivity index (χ1n) is 8.66. The van der Waals surface area contributed by atoms with Crippen molar-refractivity contribution in [2.45, 2.75) is 66.0 Å². The summed E-state index contributed by atoms with van der Waals surface area (Å²) in [5.41, 5.74) is 0.757. The number of ether oxygens (including phenoxy) is 1. The summed E-state index contributed by atoms with van der Waals surface area (Å²) < 4.78 is 5.94. The normalized spacial score (nSPS) is 22.1. The van der Waals surface area contributed by atoms with Crippen molar-refractivity contribution < 1.29 is 9.53 Å². The Morgan fingerprint density at radius 3 is 2.67 bits per heavy atom. The standard InChI is InChI=1S/C18H29N3O3/c1-7-8-9-24-14-10-13(18(14,4)5)21(6)17(23)15-16(22)20-12(3)11(2)19-15/h13-14H,7-10H2,1-6H3,(H,20,22)/t13-,14+/m1/s1. The number of carbonyl (C=O) groups is 1. The van der Waals surface area contributed by atoms with Crippen molar-refractivity contribution in [3.63, 3.8) is 0 Å². The molecule has 6 nitrogen and oxygen atoms in total. The fourth-order valence-electron chi connectivity index (χ4n) is 3.25. The van der Waals surface area contributed by atoms with Crippen LogP contribution in [-0.4, -0.2) is 46.6 Å². The van der Waals surface area contributed by atoms with Gasteiger partial charge in [-0.1, -0.05) is 27.2 Å². The van der Waals surface area contributed by atoms with Gasteiger partial charge < -0.3 is 14.6 Å². The molecule has 0 saturated heterocycles. The highest BCUT2D eigenvalue weighted by Crippen LogP contribution is 2.45. The molecule has 1 saturated carbocycles. The van der Waals surface area contributed by atoms with Gasteiger partial charge in [0.25, 0.3) is 11.5 Å². The summed E-state index contributed by atoms with van der Waals surface area (Å²) >= 11 is 0. The number of hydrogen-bond donors (Lipinski definition) is 1. The van der Waals surface area contributed by atoms with Crippen molar-refractivity contribution in [1.82, 2.24) is 14.9 Å². The lowest BCUT2D eigenvalue weighted by atomic mass is 9.63. The number of rotatable bonds is 6. The molecule has 0 spiro atoms. The maximum atomic E-state index is 12.7. The van der Waals surface area contributed by atoms with Gasteiger partial charge in [0.05, 0.1) is 11.8 Å². The fraction of sp³-hybridized carbons (Fsp3) is 0.722. The summed E-state index contributed by atoms with van der Waals surface area (Å²) in [6, 6.07) is 0.0411. The van der Waals surface area contributed by atoms with Gasteiger partial charge in [-0.2, -0.15) is 0 Å². The second kappa shape index (κ2) is 7.05. The third kappa shape index (κ3) is 3.38. The van der Waals surface area contributed by atoms with Crippen LogP contribution in [0.2, 0.25) is 0 Å². The summed E-state index contributed by atoms with van der Waals surface area (Å²) in [4.78, 5) is 33.3. The van der Waals surface area contributed by atoms with Gasteiger partial charge in [0.15, 0.2) is 5.69 Å². The second-order valence-corrected chi connectivity index (χ2v) is 7.33. The Bertz CT molecular complexity index is 666. The van der Waals surface area contributed by atoms with Gasteiger partial charge in [-0.15, -0.1) is 0 Å². The molecular formula is C18H29N3O3. The van der Waals surface area contributed by atoms with Crippen molar-refractivity contribution in [3.8, 4) is 0 Å². The van der Waals surface area contributed by atoms with E-state index in [1.54, 1.807) is 25.8 Å². The Labute approximate surface area is 143 Å². The number of nitrogens with zero attached hydrogens (tertiary/aromatic N) is 2. The third-order valence-corrected chi connectivity index (χ3v) is 5.27. The zero-order chi connectivity index (χ0) is 18.1. The second-order valence-electron chi connectivity index (χ2n) is 7.33. The van der Waals surface area contributed by atoms with E-state index in [4.69, 9.17) is 4.74 Å². The van der Waals surface area contributed by atoms with Crippen LogP contribution in [0, 0.1) is 19.3 Å². The number of hydrogen-bond acceptors (Lipinski definition) is 4. The number of amides is 1. The van der Waals surface area contributed by atoms with E-state index in [0.29, 0.717) is 11.4 Å². The Hall–Kier alpha value is -1.69. The highest BCUT2D eigenvalue weighted by atomic mass is 16.5. The van der Waals surface area contributed by atoms with Crippen molar-refractivity contribution >= 4 is 5.91 Å². The third-order valence-electron chi connectivity index (χ3n) is 5.27. The average Bonchev–Trinajstić information content (AvgIpc) is 2.52. The van der Waals surface area contributed by atoms with Crippen LogP contribution in [0.5, 0.6) is 0 Å². The van der Waals surface area contributed by atoms with E-state index in [-0.39, 0.29) is 29.2 Å². The van der Waals surface area contributed by atoms with Gasteiger partial charge in [-0.25, -0.2) is 4.98 Å². The highest BCUT2D eigenvalue weighted by Gasteiger charge is 2.52. The molecular weight excluding hydrogens is 306 g/mol. The SMILES string of the molecule is CCCCO[C@H]1C[C@@H](N(C)C(=O)c2nc(C)c(C)[nH]c2=O)C1(C)C. The summed E-state index contributed by atoms with van der Waals surface area (Å²) in [7, 11) is 1.74. The maximum Gasteiger partial charge on any atom is 0.279 e. The van der Waals surface area contributed by atoms with Gasteiger partial charge in [0.1, 0.15) is 0 Å². The van der Waals surface area contributed by atoms with E-state index in [1.165, 1.54) is 0 Å². The van der Waals surface area contributed by atoms with Crippen LogP contribution in [-0.2, 0) is 4.74 Å². The molecule has 0 aromatic carbocycles.